The number of amides is 1. The van der Waals surface area contributed by atoms with E-state index in [1.54, 1.807) is 0 Å². The van der Waals surface area contributed by atoms with Crippen molar-refractivity contribution in [2.24, 2.45) is 0 Å². The van der Waals surface area contributed by atoms with Crippen LogP contribution >= 0.6 is 0 Å². The predicted octanol–water partition coefficient (Wildman–Crippen LogP) is 2.18. The lowest BCUT2D eigenvalue weighted by Gasteiger charge is -2.38. The third-order valence-corrected chi connectivity index (χ3v) is 3.70. The Morgan fingerprint density at radius 1 is 1.32 bits per heavy atom. The van der Waals surface area contributed by atoms with Gasteiger partial charge in [0.25, 0.3) is 5.91 Å². The number of carbonyl (C=O) groups is 1. The highest BCUT2D eigenvalue weighted by Gasteiger charge is 2.31. The molecule has 0 bridgehead atoms. The fraction of sp³-hybridized carbons (Fsp3) is 0.500. The number of carbonyl (C=O) groups excluding carboxylic acids is 1. The molecule has 3 nitrogen and oxygen atoms in total. The van der Waals surface area contributed by atoms with Gasteiger partial charge in [-0.3, -0.25) is 4.79 Å². The molecule has 1 aromatic rings. The molecular weight excluding hydrogens is 250 g/mol. The van der Waals surface area contributed by atoms with Crippen LogP contribution in [0, 0.1) is 11.6 Å². The minimum atomic E-state index is -1.09. The highest BCUT2D eigenvalue weighted by molar-refractivity contribution is 5.95. The van der Waals surface area contributed by atoms with Crippen LogP contribution in [0.15, 0.2) is 18.2 Å². The van der Waals surface area contributed by atoms with Gasteiger partial charge in [0.1, 0.15) is 0 Å². The van der Waals surface area contributed by atoms with Gasteiger partial charge in [-0.05, 0) is 38.9 Å². The summed E-state index contributed by atoms with van der Waals surface area (Å²) in [5.41, 5.74) is -0.595. The Morgan fingerprint density at radius 2 is 1.95 bits per heavy atom. The van der Waals surface area contributed by atoms with Crippen LogP contribution < -0.4 is 5.32 Å². The minimum absolute atomic E-state index is 0.236. The lowest BCUT2D eigenvalue weighted by Crippen LogP contribution is -2.52. The van der Waals surface area contributed by atoms with Gasteiger partial charge in [-0.1, -0.05) is 6.07 Å². The van der Waals surface area contributed by atoms with E-state index in [1.165, 1.54) is 12.1 Å². The summed E-state index contributed by atoms with van der Waals surface area (Å²) in [5, 5.41) is 2.83. The monoisotopic (exact) mass is 268 g/mol. The topological polar surface area (TPSA) is 32.3 Å². The number of rotatable bonds is 2. The first-order chi connectivity index (χ1) is 8.91. The van der Waals surface area contributed by atoms with Crippen molar-refractivity contribution in [1.82, 2.24) is 10.2 Å². The Labute approximate surface area is 111 Å². The zero-order valence-electron chi connectivity index (χ0n) is 11.2. The summed E-state index contributed by atoms with van der Waals surface area (Å²) >= 11 is 0. The summed E-state index contributed by atoms with van der Waals surface area (Å²) in [6, 6.07) is 3.64. The molecule has 2 rings (SSSR count). The van der Waals surface area contributed by atoms with E-state index in [4.69, 9.17) is 0 Å². The van der Waals surface area contributed by atoms with Gasteiger partial charge in [0.05, 0.1) is 5.56 Å². The van der Waals surface area contributed by atoms with Gasteiger partial charge >= 0.3 is 0 Å². The van der Waals surface area contributed by atoms with Crippen molar-refractivity contribution >= 4 is 5.91 Å². The Bertz CT molecular complexity index is 482. The Balaban J connectivity index is 2.11. The van der Waals surface area contributed by atoms with Crippen molar-refractivity contribution in [3.05, 3.63) is 35.4 Å². The first-order valence-electron chi connectivity index (χ1n) is 6.36. The predicted molar refractivity (Wildman–Crippen MR) is 69.0 cm³/mol. The quantitative estimate of drug-likeness (QED) is 0.891. The number of likely N-dealkylation sites (tertiary alicyclic amines) is 1. The molecule has 1 amide bonds. The standard InChI is InChI=1S/C14H18F2N2O/c1-14(6-8-18(2)9-7-14)17-13(19)10-4-3-5-11(15)12(10)16/h3-5H,6-9H2,1-2H3,(H,17,19). The minimum Gasteiger partial charge on any atom is -0.347 e. The maximum absolute atomic E-state index is 13.5. The SMILES string of the molecule is CN1CCC(C)(NC(=O)c2cccc(F)c2F)CC1. The van der Waals surface area contributed by atoms with Crippen LogP contribution in [-0.4, -0.2) is 36.5 Å². The summed E-state index contributed by atoms with van der Waals surface area (Å²) in [6.07, 6.45) is 1.60. The normalized spacial score (nSPS) is 19.2. The van der Waals surface area contributed by atoms with Crippen LogP contribution in [0.25, 0.3) is 0 Å². The number of nitrogens with one attached hydrogen (secondary N) is 1. The van der Waals surface area contributed by atoms with Gasteiger partial charge in [-0.15, -0.1) is 0 Å². The second-order valence-corrected chi connectivity index (χ2v) is 5.42. The van der Waals surface area contributed by atoms with Gasteiger partial charge in [-0.2, -0.15) is 0 Å². The van der Waals surface area contributed by atoms with Crippen LogP contribution in [0.1, 0.15) is 30.1 Å². The average Bonchev–Trinajstić information content (AvgIpc) is 2.36. The van der Waals surface area contributed by atoms with Crippen molar-refractivity contribution in [1.29, 1.82) is 0 Å². The van der Waals surface area contributed by atoms with Gasteiger partial charge in [0, 0.05) is 18.6 Å². The van der Waals surface area contributed by atoms with E-state index in [9.17, 15) is 13.6 Å². The molecule has 1 heterocycles. The number of halogens is 2. The Morgan fingerprint density at radius 3 is 2.58 bits per heavy atom. The molecule has 1 N–H and O–H groups in total. The molecule has 5 heteroatoms. The molecule has 1 fully saturated rings. The fourth-order valence-corrected chi connectivity index (χ4v) is 2.26. The van der Waals surface area contributed by atoms with Crippen LogP contribution in [0.2, 0.25) is 0 Å². The van der Waals surface area contributed by atoms with E-state index in [2.05, 4.69) is 10.2 Å². The molecule has 1 aromatic carbocycles. The van der Waals surface area contributed by atoms with Gasteiger partial charge in [0.2, 0.25) is 0 Å². The first-order valence-corrected chi connectivity index (χ1v) is 6.36. The maximum Gasteiger partial charge on any atom is 0.254 e. The molecular formula is C14H18F2N2O. The van der Waals surface area contributed by atoms with Gasteiger partial charge < -0.3 is 10.2 Å². The molecule has 0 spiro atoms. The largest absolute Gasteiger partial charge is 0.347 e. The van der Waals surface area contributed by atoms with Crippen molar-refractivity contribution in [3.8, 4) is 0 Å². The molecule has 0 radical (unpaired) electrons. The molecule has 1 aliphatic rings. The molecule has 0 aliphatic carbocycles. The second-order valence-electron chi connectivity index (χ2n) is 5.42. The molecule has 1 saturated heterocycles. The number of hydrogen-bond acceptors (Lipinski definition) is 2. The number of piperidine rings is 1. The third kappa shape index (κ3) is 3.10. The van der Waals surface area contributed by atoms with E-state index in [0.29, 0.717) is 0 Å². The zero-order valence-corrected chi connectivity index (χ0v) is 11.2. The smallest absolute Gasteiger partial charge is 0.254 e. The lowest BCUT2D eigenvalue weighted by atomic mass is 9.89. The van der Waals surface area contributed by atoms with Crippen LogP contribution in [0.3, 0.4) is 0 Å². The van der Waals surface area contributed by atoms with Gasteiger partial charge in [0.15, 0.2) is 11.6 Å². The van der Waals surface area contributed by atoms with Crippen LogP contribution in [-0.2, 0) is 0 Å². The fourth-order valence-electron chi connectivity index (χ4n) is 2.26. The van der Waals surface area contributed by atoms with Crippen LogP contribution in [0.5, 0.6) is 0 Å². The van der Waals surface area contributed by atoms with E-state index in [1.807, 2.05) is 14.0 Å². The number of nitrogens with zero attached hydrogens (tertiary/aromatic N) is 1. The molecule has 104 valence electrons. The summed E-state index contributed by atoms with van der Waals surface area (Å²) < 4.78 is 26.7. The molecule has 19 heavy (non-hydrogen) atoms. The van der Waals surface area contributed by atoms with E-state index >= 15 is 0 Å². The van der Waals surface area contributed by atoms with Crippen molar-refractivity contribution in [2.75, 3.05) is 20.1 Å². The highest BCUT2D eigenvalue weighted by Crippen LogP contribution is 2.22. The molecule has 0 atom stereocenters. The van der Waals surface area contributed by atoms with E-state index in [0.717, 1.165) is 32.0 Å². The van der Waals surface area contributed by atoms with E-state index < -0.39 is 17.5 Å². The zero-order chi connectivity index (χ0) is 14.0. The molecule has 1 aliphatic heterocycles. The first kappa shape index (κ1) is 13.9. The summed E-state index contributed by atoms with van der Waals surface area (Å²) in [6.45, 7) is 3.69. The maximum atomic E-state index is 13.5. The van der Waals surface area contributed by atoms with Gasteiger partial charge in [-0.25, -0.2) is 8.78 Å². The Kier molecular flexibility index (Phi) is 3.85. The van der Waals surface area contributed by atoms with Crippen molar-refractivity contribution in [3.63, 3.8) is 0 Å². The number of benzene rings is 1. The summed E-state index contributed by atoms with van der Waals surface area (Å²) in [5.74, 6) is -2.64. The third-order valence-electron chi connectivity index (χ3n) is 3.70. The summed E-state index contributed by atoms with van der Waals surface area (Å²) in [4.78, 5) is 14.2. The van der Waals surface area contributed by atoms with Crippen molar-refractivity contribution < 1.29 is 13.6 Å². The second kappa shape index (κ2) is 5.25. The summed E-state index contributed by atoms with van der Waals surface area (Å²) in [7, 11) is 2.02. The molecule has 0 aromatic heterocycles. The molecule has 0 unspecified atom stereocenters. The lowest BCUT2D eigenvalue weighted by molar-refractivity contribution is 0.0847. The number of hydrogen-bond donors (Lipinski definition) is 1. The van der Waals surface area contributed by atoms with E-state index in [-0.39, 0.29) is 11.1 Å². The molecule has 0 saturated carbocycles. The Hall–Kier alpha value is -1.49. The van der Waals surface area contributed by atoms with Crippen LogP contribution in [0.4, 0.5) is 8.78 Å². The van der Waals surface area contributed by atoms with Crippen molar-refractivity contribution in [2.45, 2.75) is 25.3 Å². The highest BCUT2D eigenvalue weighted by atomic mass is 19.2. The average molecular weight is 268 g/mol.